The number of nitrogens with zero attached hydrogens (tertiary/aromatic N) is 1. The molecule has 0 fully saturated rings. The van der Waals surface area contributed by atoms with E-state index in [1.54, 1.807) is 6.07 Å². The molecule has 0 radical (unpaired) electrons. The van der Waals surface area contributed by atoms with Crippen molar-refractivity contribution in [3.8, 4) is 0 Å². The zero-order chi connectivity index (χ0) is 15.2. The average Bonchev–Trinajstić information content (AvgIpc) is 2.48. The standard InChI is InChI=1S/C15H16FN3O2/c1-21-15(20)13-8-12(17)9-19-14(13)18-6-5-10-3-2-4-11(16)7-10/h2-4,7-9H,5-6,17H2,1H3,(H,18,19). The number of rotatable bonds is 5. The van der Waals surface area contributed by atoms with Crippen LogP contribution in [-0.4, -0.2) is 24.6 Å². The molecule has 0 amide bonds. The van der Waals surface area contributed by atoms with Gasteiger partial charge in [-0.05, 0) is 30.2 Å². The summed E-state index contributed by atoms with van der Waals surface area (Å²) in [7, 11) is 1.29. The van der Waals surface area contributed by atoms with E-state index in [0.717, 1.165) is 5.56 Å². The number of methoxy groups -OCH3 is 1. The summed E-state index contributed by atoms with van der Waals surface area (Å²) in [5.41, 5.74) is 7.13. The zero-order valence-electron chi connectivity index (χ0n) is 11.6. The molecule has 110 valence electrons. The van der Waals surface area contributed by atoms with Crippen molar-refractivity contribution >= 4 is 17.5 Å². The van der Waals surface area contributed by atoms with Crippen molar-refractivity contribution < 1.29 is 13.9 Å². The lowest BCUT2D eigenvalue weighted by Crippen LogP contribution is -2.13. The van der Waals surface area contributed by atoms with Gasteiger partial charge in [0.25, 0.3) is 0 Å². The van der Waals surface area contributed by atoms with Gasteiger partial charge in [0, 0.05) is 6.54 Å². The fourth-order valence-electron chi connectivity index (χ4n) is 1.91. The molecule has 6 heteroatoms. The molecule has 3 N–H and O–H groups in total. The van der Waals surface area contributed by atoms with Gasteiger partial charge in [-0.1, -0.05) is 12.1 Å². The van der Waals surface area contributed by atoms with Gasteiger partial charge in [-0.3, -0.25) is 0 Å². The van der Waals surface area contributed by atoms with E-state index in [1.807, 2.05) is 6.07 Å². The van der Waals surface area contributed by atoms with Gasteiger partial charge in [-0.2, -0.15) is 0 Å². The van der Waals surface area contributed by atoms with E-state index in [1.165, 1.54) is 31.5 Å². The number of aromatic nitrogens is 1. The molecule has 0 aliphatic rings. The molecule has 2 aromatic rings. The Morgan fingerprint density at radius 3 is 2.95 bits per heavy atom. The first kappa shape index (κ1) is 14.8. The van der Waals surface area contributed by atoms with Crippen LogP contribution in [0.5, 0.6) is 0 Å². The van der Waals surface area contributed by atoms with E-state index in [4.69, 9.17) is 5.73 Å². The number of ether oxygens (including phenoxy) is 1. The molecule has 21 heavy (non-hydrogen) atoms. The Kier molecular flexibility index (Phi) is 4.71. The number of nitrogen functional groups attached to an aromatic ring is 1. The SMILES string of the molecule is COC(=O)c1cc(N)cnc1NCCc1cccc(F)c1. The first-order valence-corrected chi connectivity index (χ1v) is 6.42. The van der Waals surface area contributed by atoms with E-state index in [-0.39, 0.29) is 11.4 Å². The topological polar surface area (TPSA) is 77.2 Å². The predicted octanol–water partition coefficient (Wildman–Crippen LogP) is 2.24. The van der Waals surface area contributed by atoms with E-state index < -0.39 is 5.97 Å². The number of nitrogens with two attached hydrogens (primary N) is 1. The summed E-state index contributed by atoms with van der Waals surface area (Å²) < 4.78 is 17.8. The first-order chi connectivity index (χ1) is 10.1. The summed E-state index contributed by atoms with van der Waals surface area (Å²) in [5, 5.41) is 3.03. The molecule has 0 aliphatic heterocycles. The normalized spacial score (nSPS) is 10.2. The Bertz CT molecular complexity index is 647. The highest BCUT2D eigenvalue weighted by Crippen LogP contribution is 2.16. The van der Waals surface area contributed by atoms with Gasteiger partial charge in [0.05, 0.1) is 19.0 Å². The van der Waals surface area contributed by atoms with Crippen molar-refractivity contribution in [2.24, 2.45) is 0 Å². The number of hydrogen-bond donors (Lipinski definition) is 2. The third-order valence-electron chi connectivity index (χ3n) is 2.91. The van der Waals surface area contributed by atoms with E-state index in [0.29, 0.717) is 24.5 Å². The van der Waals surface area contributed by atoms with Gasteiger partial charge in [-0.25, -0.2) is 14.2 Å². The minimum absolute atomic E-state index is 0.270. The molecule has 0 unspecified atom stereocenters. The number of benzene rings is 1. The third kappa shape index (κ3) is 3.92. The number of halogens is 1. The van der Waals surface area contributed by atoms with Crippen LogP contribution in [0.25, 0.3) is 0 Å². The smallest absolute Gasteiger partial charge is 0.341 e. The molecular formula is C15H16FN3O2. The highest BCUT2D eigenvalue weighted by Gasteiger charge is 2.13. The third-order valence-corrected chi connectivity index (χ3v) is 2.91. The van der Waals surface area contributed by atoms with Crippen LogP contribution in [0.2, 0.25) is 0 Å². The van der Waals surface area contributed by atoms with E-state index in [9.17, 15) is 9.18 Å². The summed E-state index contributed by atoms with van der Waals surface area (Å²) in [6, 6.07) is 7.87. The van der Waals surface area contributed by atoms with Crippen LogP contribution >= 0.6 is 0 Å². The van der Waals surface area contributed by atoms with Crippen molar-refractivity contribution in [2.45, 2.75) is 6.42 Å². The number of carbonyl (C=O) groups excluding carboxylic acids is 1. The zero-order valence-corrected chi connectivity index (χ0v) is 11.6. The summed E-state index contributed by atoms with van der Waals surface area (Å²) in [6.45, 7) is 0.504. The summed E-state index contributed by atoms with van der Waals surface area (Å²) in [4.78, 5) is 15.7. The number of nitrogens with one attached hydrogen (secondary N) is 1. The Balaban J connectivity index is 2.04. The van der Waals surface area contributed by atoms with Crippen molar-refractivity contribution in [3.05, 3.63) is 53.5 Å². The second-order valence-corrected chi connectivity index (χ2v) is 4.46. The minimum atomic E-state index is -0.511. The van der Waals surface area contributed by atoms with Crippen LogP contribution in [0.1, 0.15) is 15.9 Å². The van der Waals surface area contributed by atoms with Crippen LogP contribution in [0.15, 0.2) is 36.5 Å². The lowest BCUT2D eigenvalue weighted by molar-refractivity contribution is 0.0601. The molecule has 0 atom stereocenters. The van der Waals surface area contributed by atoms with E-state index >= 15 is 0 Å². The van der Waals surface area contributed by atoms with Crippen molar-refractivity contribution in [3.63, 3.8) is 0 Å². The summed E-state index contributed by atoms with van der Waals surface area (Å²) >= 11 is 0. The Morgan fingerprint density at radius 2 is 2.24 bits per heavy atom. The van der Waals surface area contributed by atoms with Crippen LogP contribution in [0.3, 0.4) is 0 Å². The molecule has 0 saturated heterocycles. The molecule has 1 aromatic carbocycles. The quantitative estimate of drug-likeness (QED) is 0.825. The molecule has 1 heterocycles. The van der Waals surface area contributed by atoms with Gasteiger partial charge >= 0.3 is 5.97 Å². The molecule has 5 nitrogen and oxygen atoms in total. The molecule has 1 aromatic heterocycles. The largest absolute Gasteiger partial charge is 0.465 e. The second kappa shape index (κ2) is 6.69. The predicted molar refractivity (Wildman–Crippen MR) is 78.6 cm³/mol. The monoisotopic (exact) mass is 289 g/mol. The van der Waals surface area contributed by atoms with Crippen LogP contribution < -0.4 is 11.1 Å². The Hall–Kier alpha value is -2.63. The lowest BCUT2D eigenvalue weighted by atomic mass is 10.1. The van der Waals surface area contributed by atoms with Gasteiger partial charge in [0.15, 0.2) is 0 Å². The highest BCUT2D eigenvalue weighted by atomic mass is 19.1. The van der Waals surface area contributed by atoms with Gasteiger partial charge < -0.3 is 15.8 Å². The summed E-state index contributed by atoms with van der Waals surface area (Å²) in [5.74, 6) is -0.385. The maximum atomic E-state index is 13.1. The number of anilines is 2. The lowest BCUT2D eigenvalue weighted by Gasteiger charge is -2.10. The Morgan fingerprint density at radius 1 is 1.43 bits per heavy atom. The van der Waals surface area contributed by atoms with Gasteiger partial charge in [0.1, 0.15) is 17.2 Å². The average molecular weight is 289 g/mol. The molecule has 0 saturated carbocycles. The van der Waals surface area contributed by atoms with Gasteiger partial charge in [0.2, 0.25) is 0 Å². The van der Waals surface area contributed by atoms with Crippen molar-refractivity contribution in [2.75, 3.05) is 24.7 Å². The molecule has 2 rings (SSSR count). The van der Waals surface area contributed by atoms with Crippen molar-refractivity contribution in [1.82, 2.24) is 4.98 Å². The van der Waals surface area contributed by atoms with Crippen LogP contribution in [-0.2, 0) is 11.2 Å². The minimum Gasteiger partial charge on any atom is -0.465 e. The molecule has 0 spiro atoms. The van der Waals surface area contributed by atoms with Gasteiger partial charge in [-0.15, -0.1) is 0 Å². The molecular weight excluding hydrogens is 273 g/mol. The number of esters is 1. The molecule has 0 aliphatic carbocycles. The van der Waals surface area contributed by atoms with Crippen molar-refractivity contribution in [1.29, 1.82) is 0 Å². The fourth-order valence-corrected chi connectivity index (χ4v) is 1.91. The Labute approximate surface area is 121 Å². The number of hydrogen-bond acceptors (Lipinski definition) is 5. The maximum absolute atomic E-state index is 13.1. The fraction of sp³-hybridized carbons (Fsp3) is 0.200. The maximum Gasteiger partial charge on any atom is 0.341 e. The van der Waals surface area contributed by atoms with Crippen LogP contribution in [0, 0.1) is 5.82 Å². The molecule has 0 bridgehead atoms. The second-order valence-electron chi connectivity index (χ2n) is 4.46. The van der Waals surface area contributed by atoms with E-state index in [2.05, 4.69) is 15.0 Å². The number of pyridine rings is 1. The first-order valence-electron chi connectivity index (χ1n) is 6.42. The number of carbonyl (C=O) groups is 1. The van der Waals surface area contributed by atoms with Crippen LogP contribution in [0.4, 0.5) is 15.9 Å². The highest BCUT2D eigenvalue weighted by molar-refractivity contribution is 5.95. The summed E-state index contributed by atoms with van der Waals surface area (Å²) in [6.07, 6.45) is 2.06.